The maximum atomic E-state index is 3.79. The van der Waals surface area contributed by atoms with Gasteiger partial charge in [0.15, 0.2) is 0 Å². The third kappa shape index (κ3) is 2.11. The van der Waals surface area contributed by atoms with Gasteiger partial charge in [-0.3, -0.25) is 0 Å². The minimum Gasteiger partial charge on any atom is -1.00 e. The summed E-state index contributed by atoms with van der Waals surface area (Å²) in [7, 11) is 0. The highest BCUT2D eigenvalue weighted by Gasteiger charge is 2.34. The van der Waals surface area contributed by atoms with Gasteiger partial charge in [0.25, 0.3) is 0 Å². The molecule has 3 rings (SSSR count). The molecule has 1 aliphatic heterocycles. The van der Waals surface area contributed by atoms with Gasteiger partial charge in [0, 0.05) is 12.1 Å². The first kappa shape index (κ1) is 11.9. The Morgan fingerprint density at radius 1 is 0.938 bits per heavy atom. The molecule has 0 amide bonds. The quantitative estimate of drug-likeness (QED) is 0.671. The van der Waals surface area contributed by atoms with Gasteiger partial charge in [0.1, 0.15) is 0 Å². The van der Waals surface area contributed by atoms with E-state index in [4.69, 9.17) is 0 Å². The van der Waals surface area contributed by atoms with Gasteiger partial charge in [-0.1, -0.05) is 43.5 Å². The van der Waals surface area contributed by atoms with Crippen LogP contribution in [0, 0.1) is 0 Å². The molecule has 2 heteroatoms. The Balaban J connectivity index is 0.000000963. The largest absolute Gasteiger partial charge is 1.00 e. The van der Waals surface area contributed by atoms with Crippen molar-refractivity contribution < 1.29 is 12.4 Å². The van der Waals surface area contributed by atoms with Crippen LogP contribution in [0.4, 0.5) is 0 Å². The molecular formula is C14H19ClN-. The van der Waals surface area contributed by atoms with Crippen LogP contribution in [0.2, 0.25) is 0 Å². The van der Waals surface area contributed by atoms with E-state index in [0.717, 1.165) is 6.54 Å². The molecule has 0 unspecified atom stereocenters. The zero-order chi connectivity index (χ0) is 10.1. The van der Waals surface area contributed by atoms with E-state index < -0.39 is 0 Å². The fourth-order valence-electron chi connectivity index (χ4n) is 3.19. The molecule has 1 aromatic rings. The Morgan fingerprint density at radius 3 is 2.38 bits per heavy atom. The molecular weight excluding hydrogens is 218 g/mol. The molecule has 1 saturated carbocycles. The first-order valence-corrected chi connectivity index (χ1v) is 6.20. The third-order valence-electron chi connectivity index (χ3n) is 4.11. The van der Waals surface area contributed by atoms with Crippen LogP contribution in [0.25, 0.3) is 0 Å². The van der Waals surface area contributed by atoms with Gasteiger partial charge in [0.05, 0.1) is 0 Å². The fraction of sp³-hybridized carbons (Fsp3) is 0.571. The average molecular weight is 237 g/mol. The minimum atomic E-state index is 0. The molecule has 88 valence electrons. The van der Waals surface area contributed by atoms with Gasteiger partial charge in [-0.05, 0) is 30.4 Å². The van der Waals surface area contributed by atoms with E-state index in [1.807, 2.05) is 0 Å². The maximum Gasteiger partial charge on any atom is 0.0225 e. The van der Waals surface area contributed by atoms with E-state index in [-0.39, 0.29) is 12.4 Å². The van der Waals surface area contributed by atoms with Crippen LogP contribution in [-0.2, 0) is 13.0 Å². The molecule has 1 aromatic carbocycles. The van der Waals surface area contributed by atoms with Crippen molar-refractivity contribution in [3.8, 4) is 0 Å². The van der Waals surface area contributed by atoms with Gasteiger partial charge in [-0.15, -0.1) is 0 Å². The lowest BCUT2D eigenvalue weighted by atomic mass is 9.74. The molecule has 0 bridgehead atoms. The average Bonchev–Trinajstić information content (AvgIpc) is 2.30. The van der Waals surface area contributed by atoms with Crippen molar-refractivity contribution in [2.45, 2.75) is 50.6 Å². The molecule has 2 aliphatic rings. The van der Waals surface area contributed by atoms with Crippen molar-refractivity contribution in [1.29, 1.82) is 0 Å². The molecule has 0 saturated heterocycles. The zero-order valence-electron chi connectivity index (χ0n) is 9.64. The lowest BCUT2D eigenvalue weighted by Gasteiger charge is -2.42. The van der Waals surface area contributed by atoms with Crippen LogP contribution in [0.5, 0.6) is 0 Å². The number of hydrogen-bond acceptors (Lipinski definition) is 1. The molecule has 1 aliphatic carbocycles. The summed E-state index contributed by atoms with van der Waals surface area (Å²) in [6, 6.07) is 8.91. The van der Waals surface area contributed by atoms with E-state index in [1.54, 1.807) is 5.56 Å². The lowest BCUT2D eigenvalue weighted by molar-refractivity contribution is -0.00000354. The maximum absolute atomic E-state index is 3.79. The van der Waals surface area contributed by atoms with E-state index in [2.05, 4.69) is 29.6 Å². The SMILES string of the molecule is [Cl-].c1ccc2c(c1)CNC1(CCCCC1)C2. The van der Waals surface area contributed by atoms with Crippen LogP contribution in [0.15, 0.2) is 24.3 Å². The standard InChI is InChI=1S/C14H19N.ClH/c1-4-8-14(9-5-1)10-12-6-2-3-7-13(12)11-15-14;/h2-3,6-7,15H,1,4-5,8-11H2;1H/p-1. The van der Waals surface area contributed by atoms with Crippen LogP contribution in [-0.4, -0.2) is 5.54 Å². The third-order valence-corrected chi connectivity index (χ3v) is 4.11. The first-order chi connectivity index (χ1) is 7.38. The molecule has 1 fully saturated rings. The van der Waals surface area contributed by atoms with Crippen LogP contribution >= 0.6 is 0 Å². The Bertz CT molecular complexity index is 356. The molecule has 16 heavy (non-hydrogen) atoms. The fourth-order valence-corrected chi connectivity index (χ4v) is 3.19. The summed E-state index contributed by atoms with van der Waals surface area (Å²) >= 11 is 0. The Labute approximate surface area is 104 Å². The van der Waals surface area contributed by atoms with E-state index in [0.29, 0.717) is 5.54 Å². The van der Waals surface area contributed by atoms with Crippen molar-refractivity contribution in [3.05, 3.63) is 35.4 Å². The number of hydrogen-bond donors (Lipinski definition) is 1. The highest BCUT2D eigenvalue weighted by Crippen LogP contribution is 2.35. The van der Waals surface area contributed by atoms with Crippen LogP contribution < -0.4 is 17.7 Å². The first-order valence-electron chi connectivity index (χ1n) is 6.20. The molecule has 1 spiro atoms. The summed E-state index contributed by atoms with van der Waals surface area (Å²) in [5, 5.41) is 3.79. The minimum absolute atomic E-state index is 0. The molecule has 1 N–H and O–H groups in total. The van der Waals surface area contributed by atoms with E-state index in [1.165, 1.54) is 44.1 Å². The summed E-state index contributed by atoms with van der Waals surface area (Å²) in [6.45, 7) is 1.08. The Kier molecular flexibility index (Phi) is 3.56. The van der Waals surface area contributed by atoms with Gasteiger partial charge < -0.3 is 17.7 Å². The number of halogens is 1. The van der Waals surface area contributed by atoms with Gasteiger partial charge >= 0.3 is 0 Å². The second kappa shape index (κ2) is 4.77. The lowest BCUT2D eigenvalue weighted by Crippen LogP contribution is -3.00. The van der Waals surface area contributed by atoms with Crippen LogP contribution in [0.1, 0.15) is 43.2 Å². The number of rotatable bonds is 0. The monoisotopic (exact) mass is 236 g/mol. The number of nitrogens with one attached hydrogen (secondary N) is 1. The predicted molar refractivity (Wildman–Crippen MR) is 62.8 cm³/mol. The predicted octanol–water partition coefficient (Wildman–Crippen LogP) is 0.0392. The number of benzene rings is 1. The second-order valence-electron chi connectivity index (χ2n) is 5.14. The molecule has 0 aromatic heterocycles. The van der Waals surface area contributed by atoms with Crippen molar-refractivity contribution in [2.24, 2.45) is 0 Å². The summed E-state index contributed by atoms with van der Waals surface area (Å²) < 4.78 is 0. The van der Waals surface area contributed by atoms with Gasteiger partial charge in [0.2, 0.25) is 0 Å². The molecule has 0 atom stereocenters. The zero-order valence-corrected chi connectivity index (χ0v) is 10.4. The van der Waals surface area contributed by atoms with Crippen LogP contribution in [0.3, 0.4) is 0 Å². The summed E-state index contributed by atoms with van der Waals surface area (Å²) in [6.07, 6.45) is 8.27. The summed E-state index contributed by atoms with van der Waals surface area (Å²) in [5.41, 5.74) is 3.54. The Morgan fingerprint density at radius 2 is 1.62 bits per heavy atom. The van der Waals surface area contributed by atoms with Crippen molar-refractivity contribution in [2.75, 3.05) is 0 Å². The number of fused-ring (bicyclic) bond motifs is 1. The molecule has 1 heterocycles. The normalized spacial score (nSPS) is 22.2. The highest BCUT2D eigenvalue weighted by molar-refractivity contribution is 5.31. The Hall–Kier alpha value is -0.530. The van der Waals surface area contributed by atoms with Gasteiger partial charge in [-0.25, -0.2) is 0 Å². The smallest absolute Gasteiger partial charge is 0.0225 e. The summed E-state index contributed by atoms with van der Waals surface area (Å²) in [5.74, 6) is 0. The van der Waals surface area contributed by atoms with Crippen molar-refractivity contribution >= 4 is 0 Å². The second-order valence-corrected chi connectivity index (χ2v) is 5.14. The van der Waals surface area contributed by atoms with E-state index >= 15 is 0 Å². The topological polar surface area (TPSA) is 12.0 Å². The molecule has 0 radical (unpaired) electrons. The van der Waals surface area contributed by atoms with E-state index in [9.17, 15) is 0 Å². The summed E-state index contributed by atoms with van der Waals surface area (Å²) in [4.78, 5) is 0. The highest BCUT2D eigenvalue weighted by atomic mass is 35.5. The van der Waals surface area contributed by atoms with Crippen molar-refractivity contribution in [3.63, 3.8) is 0 Å². The molecule has 1 nitrogen and oxygen atoms in total. The van der Waals surface area contributed by atoms with Crippen molar-refractivity contribution in [1.82, 2.24) is 5.32 Å². The van der Waals surface area contributed by atoms with Gasteiger partial charge in [-0.2, -0.15) is 0 Å².